The number of piperidine rings is 1. The first-order valence-corrected chi connectivity index (χ1v) is 12.1. The zero-order chi connectivity index (χ0) is 24.1. The van der Waals surface area contributed by atoms with E-state index in [0.717, 1.165) is 54.6 Å². The van der Waals surface area contributed by atoms with Crippen molar-refractivity contribution in [2.75, 3.05) is 26.7 Å². The summed E-state index contributed by atoms with van der Waals surface area (Å²) in [7, 11) is 3.68. The van der Waals surface area contributed by atoms with Crippen LogP contribution in [0.1, 0.15) is 43.0 Å². The molecule has 1 saturated heterocycles. The van der Waals surface area contributed by atoms with Gasteiger partial charge in [-0.3, -0.25) is 9.78 Å². The van der Waals surface area contributed by atoms with Gasteiger partial charge in [-0.05, 0) is 93.1 Å². The lowest BCUT2D eigenvalue weighted by atomic mass is 9.81. The van der Waals surface area contributed by atoms with E-state index in [1.54, 1.807) is 13.3 Å². The van der Waals surface area contributed by atoms with E-state index in [1.807, 2.05) is 24.3 Å². The number of hydrogen-bond acceptors (Lipinski definition) is 5. The summed E-state index contributed by atoms with van der Waals surface area (Å²) in [5.74, 6) is -0.339. The zero-order valence-electron chi connectivity index (χ0n) is 20.1. The average Bonchev–Trinajstić information content (AvgIpc) is 3.26. The second-order valence-electron chi connectivity index (χ2n) is 9.38. The van der Waals surface area contributed by atoms with E-state index in [1.165, 1.54) is 5.69 Å². The summed E-state index contributed by atoms with van der Waals surface area (Å²) >= 11 is 0. The van der Waals surface area contributed by atoms with Gasteiger partial charge >= 0.3 is 5.97 Å². The molecule has 2 N–H and O–H groups in total. The SMILES string of the molecule is COc1ccc2nccc(C(O)CC[C@@H]3CCN(CCCc4cccn4C)C[C@@H]3C(=O)O)c2c1. The monoisotopic (exact) mass is 465 g/mol. The number of likely N-dealkylation sites (tertiary alicyclic amines) is 1. The fraction of sp³-hybridized carbons (Fsp3) is 0.481. The Kier molecular flexibility index (Phi) is 7.85. The highest BCUT2D eigenvalue weighted by atomic mass is 16.5. The molecule has 0 amide bonds. The first kappa shape index (κ1) is 24.2. The van der Waals surface area contributed by atoms with E-state index in [2.05, 4.69) is 39.8 Å². The van der Waals surface area contributed by atoms with Gasteiger partial charge < -0.3 is 24.4 Å². The van der Waals surface area contributed by atoms with Crippen LogP contribution >= 0.6 is 0 Å². The van der Waals surface area contributed by atoms with Crippen molar-refractivity contribution in [1.82, 2.24) is 14.5 Å². The summed E-state index contributed by atoms with van der Waals surface area (Å²) in [6.07, 6.45) is 7.17. The average molecular weight is 466 g/mol. The zero-order valence-corrected chi connectivity index (χ0v) is 20.1. The Morgan fingerprint density at radius 3 is 2.88 bits per heavy atom. The number of fused-ring (bicyclic) bond motifs is 1. The molecule has 2 aromatic heterocycles. The molecule has 7 heteroatoms. The summed E-state index contributed by atoms with van der Waals surface area (Å²) < 4.78 is 7.48. The minimum absolute atomic E-state index is 0.0684. The maximum atomic E-state index is 12.1. The Balaban J connectivity index is 1.34. The largest absolute Gasteiger partial charge is 0.497 e. The van der Waals surface area contributed by atoms with Crippen LogP contribution in [-0.2, 0) is 18.3 Å². The van der Waals surface area contributed by atoms with Crippen molar-refractivity contribution in [2.24, 2.45) is 18.9 Å². The van der Waals surface area contributed by atoms with Gasteiger partial charge in [0, 0.05) is 37.1 Å². The Labute approximate surface area is 201 Å². The van der Waals surface area contributed by atoms with Crippen molar-refractivity contribution >= 4 is 16.9 Å². The van der Waals surface area contributed by atoms with Crippen LogP contribution in [0.3, 0.4) is 0 Å². The molecule has 1 aliphatic heterocycles. The maximum absolute atomic E-state index is 12.1. The van der Waals surface area contributed by atoms with Crippen molar-refractivity contribution in [3.63, 3.8) is 0 Å². The Morgan fingerprint density at radius 1 is 1.29 bits per heavy atom. The molecule has 0 aliphatic carbocycles. The smallest absolute Gasteiger partial charge is 0.308 e. The summed E-state index contributed by atoms with van der Waals surface area (Å²) in [6, 6.07) is 11.7. The van der Waals surface area contributed by atoms with Gasteiger partial charge in [0.1, 0.15) is 5.75 Å². The first-order chi connectivity index (χ1) is 16.5. The molecule has 1 aliphatic rings. The number of carboxylic acid groups (broad SMARTS) is 1. The van der Waals surface area contributed by atoms with Gasteiger partial charge in [0.15, 0.2) is 0 Å². The normalized spacial score (nSPS) is 19.9. The molecule has 1 unspecified atom stereocenters. The highest BCUT2D eigenvalue weighted by molar-refractivity contribution is 5.83. The van der Waals surface area contributed by atoms with Crippen molar-refractivity contribution in [1.29, 1.82) is 0 Å². The van der Waals surface area contributed by atoms with E-state index >= 15 is 0 Å². The minimum atomic E-state index is -0.731. The lowest BCUT2D eigenvalue weighted by Crippen LogP contribution is -2.44. The number of methoxy groups -OCH3 is 1. The third kappa shape index (κ3) is 5.59. The molecule has 1 aromatic carbocycles. The second-order valence-corrected chi connectivity index (χ2v) is 9.38. The predicted octanol–water partition coefficient (Wildman–Crippen LogP) is 4.05. The van der Waals surface area contributed by atoms with E-state index in [-0.39, 0.29) is 5.92 Å². The van der Waals surface area contributed by atoms with Crippen molar-refractivity contribution < 1.29 is 19.7 Å². The summed E-state index contributed by atoms with van der Waals surface area (Å²) in [4.78, 5) is 18.7. The molecular weight excluding hydrogens is 430 g/mol. The van der Waals surface area contributed by atoms with Gasteiger partial charge in [0.05, 0.1) is 24.6 Å². The number of ether oxygens (including phenoxy) is 1. The highest BCUT2D eigenvalue weighted by Gasteiger charge is 2.34. The maximum Gasteiger partial charge on any atom is 0.308 e. The number of aromatic nitrogens is 2. The number of hydrogen-bond donors (Lipinski definition) is 2. The predicted molar refractivity (Wildman–Crippen MR) is 132 cm³/mol. The quantitative estimate of drug-likeness (QED) is 0.470. The first-order valence-electron chi connectivity index (χ1n) is 12.1. The molecule has 1 fully saturated rings. The molecule has 3 heterocycles. The Hall–Kier alpha value is -2.90. The van der Waals surface area contributed by atoms with E-state index in [0.29, 0.717) is 19.4 Å². The van der Waals surface area contributed by atoms with Gasteiger partial charge in [-0.1, -0.05) is 0 Å². The molecule has 0 saturated carbocycles. The molecule has 182 valence electrons. The van der Waals surface area contributed by atoms with Gasteiger partial charge in [0.25, 0.3) is 0 Å². The number of carboxylic acids is 1. The van der Waals surface area contributed by atoms with Gasteiger partial charge in [-0.2, -0.15) is 0 Å². The number of benzene rings is 1. The summed E-state index contributed by atoms with van der Waals surface area (Å²) in [5.41, 5.74) is 2.93. The van der Waals surface area contributed by atoms with Crippen LogP contribution in [0.4, 0.5) is 0 Å². The second kappa shape index (κ2) is 11.0. The number of aliphatic hydroxyl groups excluding tert-OH is 1. The molecule has 3 aromatic rings. The fourth-order valence-corrected chi connectivity index (χ4v) is 5.23. The molecule has 0 spiro atoms. The van der Waals surface area contributed by atoms with Crippen LogP contribution in [0.5, 0.6) is 5.75 Å². The van der Waals surface area contributed by atoms with E-state index in [4.69, 9.17) is 4.74 Å². The number of aryl methyl sites for hydroxylation is 2. The van der Waals surface area contributed by atoms with Gasteiger partial charge in [-0.25, -0.2) is 0 Å². The standard InChI is InChI=1S/C27H35N3O4/c1-29-14-3-5-20(29)6-4-15-30-16-12-19(24(18-30)27(32)33)7-10-26(31)22-11-13-28-25-9-8-21(34-2)17-23(22)25/h3,5,8-9,11,13-14,17,19,24,26,31H,4,6-7,10,12,15-16,18H2,1-2H3,(H,32,33)/t19-,24+,26?/m1/s1. The fourth-order valence-electron chi connectivity index (χ4n) is 5.23. The number of pyridine rings is 1. The molecule has 34 heavy (non-hydrogen) atoms. The number of carbonyl (C=O) groups is 1. The van der Waals surface area contributed by atoms with Gasteiger partial charge in [-0.15, -0.1) is 0 Å². The van der Waals surface area contributed by atoms with E-state index in [9.17, 15) is 15.0 Å². The molecular formula is C27H35N3O4. The molecule has 3 atom stereocenters. The van der Waals surface area contributed by atoms with Crippen LogP contribution in [-0.4, -0.2) is 57.4 Å². The van der Waals surface area contributed by atoms with Gasteiger partial charge in [0.2, 0.25) is 0 Å². The Morgan fingerprint density at radius 2 is 2.15 bits per heavy atom. The highest BCUT2D eigenvalue weighted by Crippen LogP contribution is 2.33. The van der Waals surface area contributed by atoms with Crippen molar-refractivity contribution in [2.45, 2.75) is 38.2 Å². The molecule has 0 bridgehead atoms. The van der Waals surface area contributed by atoms with Crippen molar-refractivity contribution in [3.05, 3.63) is 60.0 Å². The third-order valence-electron chi connectivity index (χ3n) is 7.27. The molecule has 7 nitrogen and oxygen atoms in total. The van der Waals surface area contributed by atoms with Crippen LogP contribution in [0.2, 0.25) is 0 Å². The number of aliphatic carboxylic acids is 1. The van der Waals surface area contributed by atoms with Crippen molar-refractivity contribution in [3.8, 4) is 5.75 Å². The summed E-state index contributed by atoms with van der Waals surface area (Å²) in [5, 5.41) is 21.8. The lowest BCUT2D eigenvalue weighted by Gasteiger charge is -2.37. The van der Waals surface area contributed by atoms with Crippen LogP contribution < -0.4 is 4.74 Å². The van der Waals surface area contributed by atoms with Crippen LogP contribution in [0, 0.1) is 11.8 Å². The van der Waals surface area contributed by atoms with Crippen LogP contribution in [0.15, 0.2) is 48.8 Å². The van der Waals surface area contributed by atoms with E-state index < -0.39 is 18.0 Å². The number of aliphatic hydroxyl groups is 1. The Bertz CT molecular complexity index is 1110. The lowest BCUT2D eigenvalue weighted by molar-refractivity contribution is -0.146. The molecule has 4 rings (SSSR count). The topological polar surface area (TPSA) is 87.8 Å². The molecule has 0 radical (unpaired) electrons. The minimum Gasteiger partial charge on any atom is -0.497 e. The third-order valence-corrected chi connectivity index (χ3v) is 7.27. The van der Waals surface area contributed by atoms with Crippen LogP contribution in [0.25, 0.3) is 10.9 Å². The number of rotatable bonds is 10. The summed E-state index contributed by atoms with van der Waals surface area (Å²) in [6.45, 7) is 2.40. The number of nitrogens with zero attached hydrogens (tertiary/aromatic N) is 3.